The highest BCUT2D eigenvalue weighted by Gasteiger charge is 2.05. The van der Waals surface area contributed by atoms with E-state index in [0.29, 0.717) is 16.0 Å². The van der Waals surface area contributed by atoms with E-state index in [1.54, 1.807) is 18.2 Å². The molecule has 88 valence electrons. The van der Waals surface area contributed by atoms with Crippen LogP contribution in [0.1, 0.15) is 0 Å². The monoisotopic (exact) mass is 297 g/mol. The van der Waals surface area contributed by atoms with E-state index in [-0.39, 0.29) is 5.75 Å². The maximum Gasteiger partial charge on any atom is 0.166 e. The van der Waals surface area contributed by atoms with Crippen LogP contribution >= 0.6 is 15.9 Å². The van der Waals surface area contributed by atoms with Gasteiger partial charge in [-0.05, 0) is 24.3 Å². The molecule has 2 aromatic rings. The SMILES string of the molecule is NNc1cc(Oc2ccc(Br)cc2F)ccn1. The first-order valence-electron chi connectivity index (χ1n) is 4.74. The average molecular weight is 298 g/mol. The zero-order valence-corrected chi connectivity index (χ0v) is 10.2. The Bertz CT molecular complexity index is 536. The van der Waals surface area contributed by atoms with Gasteiger partial charge in [0.05, 0.1) is 0 Å². The summed E-state index contributed by atoms with van der Waals surface area (Å²) in [6.07, 6.45) is 1.52. The number of rotatable bonds is 3. The van der Waals surface area contributed by atoms with Crippen LogP contribution in [-0.4, -0.2) is 4.98 Å². The molecule has 0 unspecified atom stereocenters. The molecule has 6 heteroatoms. The van der Waals surface area contributed by atoms with E-state index >= 15 is 0 Å². The van der Waals surface area contributed by atoms with Crippen molar-refractivity contribution in [2.75, 3.05) is 5.43 Å². The highest BCUT2D eigenvalue weighted by molar-refractivity contribution is 9.10. The fourth-order valence-corrected chi connectivity index (χ4v) is 1.57. The van der Waals surface area contributed by atoms with Gasteiger partial charge in [-0.15, -0.1) is 0 Å². The molecule has 0 aliphatic rings. The lowest BCUT2D eigenvalue weighted by Gasteiger charge is -2.07. The topological polar surface area (TPSA) is 60.2 Å². The number of hydrogen-bond donors (Lipinski definition) is 2. The lowest BCUT2D eigenvalue weighted by molar-refractivity contribution is 0.441. The first kappa shape index (κ1) is 11.8. The predicted molar refractivity (Wildman–Crippen MR) is 66.2 cm³/mol. The molecule has 1 heterocycles. The number of nitrogen functional groups attached to an aromatic ring is 1. The Hall–Kier alpha value is -1.66. The summed E-state index contributed by atoms with van der Waals surface area (Å²) < 4.78 is 19.5. The Balaban J connectivity index is 2.25. The molecule has 3 N–H and O–H groups in total. The van der Waals surface area contributed by atoms with Gasteiger partial charge < -0.3 is 10.2 Å². The van der Waals surface area contributed by atoms with Crippen molar-refractivity contribution in [1.29, 1.82) is 0 Å². The van der Waals surface area contributed by atoms with Crippen molar-refractivity contribution in [3.05, 3.63) is 46.8 Å². The molecule has 1 aromatic carbocycles. The largest absolute Gasteiger partial charge is 0.454 e. The van der Waals surface area contributed by atoms with Crippen molar-refractivity contribution < 1.29 is 9.13 Å². The number of pyridine rings is 1. The van der Waals surface area contributed by atoms with Gasteiger partial charge in [0, 0.05) is 16.7 Å². The van der Waals surface area contributed by atoms with E-state index in [0.717, 1.165) is 0 Å². The number of benzene rings is 1. The minimum atomic E-state index is -0.446. The summed E-state index contributed by atoms with van der Waals surface area (Å²) in [7, 11) is 0. The van der Waals surface area contributed by atoms with Crippen LogP contribution in [0.5, 0.6) is 11.5 Å². The number of hydrogen-bond acceptors (Lipinski definition) is 4. The van der Waals surface area contributed by atoms with Gasteiger partial charge in [-0.2, -0.15) is 0 Å². The van der Waals surface area contributed by atoms with Gasteiger partial charge in [-0.1, -0.05) is 15.9 Å². The minimum absolute atomic E-state index is 0.141. The molecule has 2 rings (SSSR count). The fourth-order valence-electron chi connectivity index (χ4n) is 1.24. The number of ether oxygens (including phenoxy) is 1. The van der Waals surface area contributed by atoms with Crippen molar-refractivity contribution in [1.82, 2.24) is 4.98 Å². The molecule has 0 aliphatic heterocycles. The minimum Gasteiger partial charge on any atom is -0.454 e. The van der Waals surface area contributed by atoms with E-state index in [1.165, 1.54) is 18.3 Å². The van der Waals surface area contributed by atoms with Crippen LogP contribution in [0.3, 0.4) is 0 Å². The molecule has 0 saturated heterocycles. The second-order valence-electron chi connectivity index (χ2n) is 3.20. The molecule has 0 radical (unpaired) electrons. The number of halogens is 2. The Morgan fingerprint density at radius 1 is 1.29 bits per heavy atom. The second kappa shape index (κ2) is 5.11. The van der Waals surface area contributed by atoms with E-state index in [9.17, 15) is 4.39 Å². The first-order chi connectivity index (χ1) is 8.19. The second-order valence-corrected chi connectivity index (χ2v) is 4.11. The molecule has 1 aromatic heterocycles. The number of nitrogens with zero attached hydrogens (tertiary/aromatic N) is 1. The molecular formula is C11H9BrFN3O. The summed E-state index contributed by atoms with van der Waals surface area (Å²) >= 11 is 3.17. The summed E-state index contributed by atoms with van der Waals surface area (Å²) in [5, 5.41) is 0. The third-order valence-electron chi connectivity index (χ3n) is 2.00. The summed E-state index contributed by atoms with van der Waals surface area (Å²) in [6.45, 7) is 0. The third-order valence-corrected chi connectivity index (χ3v) is 2.49. The Labute approximate surface area is 106 Å². The molecule has 17 heavy (non-hydrogen) atoms. The van der Waals surface area contributed by atoms with E-state index in [2.05, 4.69) is 26.3 Å². The summed E-state index contributed by atoms with van der Waals surface area (Å²) in [6, 6.07) is 7.75. The number of nitrogens with one attached hydrogen (secondary N) is 1. The van der Waals surface area contributed by atoms with Gasteiger partial charge in [-0.25, -0.2) is 15.2 Å². The molecule has 0 atom stereocenters. The highest BCUT2D eigenvalue weighted by Crippen LogP contribution is 2.27. The number of nitrogens with two attached hydrogens (primary N) is 1. The first-order valence-corrected chi connectivity index (χ1v) is 5.54. The van der Waals surface area contributed by atoms with Gasteiger partial charge in [0.25, 0.3) is 0 Å². The number of hydrazine groups is 1. The van der Waals surface area contributed by atoms with Crippen LogP contribution in [-0.2, 0) is 0 Å². The van der Waals surface area contributed by atoms with E-state index in [1.807, 2.05) is 0 Å². The maximum atomic E-state index is 13.5. The molecule has 4 nitrogen and oxygen atoms in total. The zero-order valence-electron chi connectivity index (χ0n) is 8.65. The van der Waals surface area contributed by atoms with Gasteiger partial charge >= 0.3 is 0 Å². The van der Waals surface area contributed by atoms with Crippen LogP contribution in [0.25, 0.3) is 0 Å². The third kappa shape index (κ3) is 2.92. The molecule has 0 fully saturated rings. The van der Waals surface area contributed by atoms with Crippen LogP contribution in [0.4, 0.5) is 10.2 Å². The summed E-state index contributed by atoms with van der Waals surface area (Å²) in [4.78, 5) is 3.92. The normalized spacial score (nSPS) is 10.1. The Morgan fingerprint density at radius 2 is 2.12 bits per heavy atom. The number of aromatic nitrogens is 1. The summed E-state index contributed by atoms with van der Waals surface area (Å²) in [5.74, 6) is 5.81. The van der Waals surface area contributed by atoms with E-state index < -0.39 is 5.82 Å². The average Bonchev–Trinajstić information content (AvgIpc) is 2.33. The summed E-state index contributed by atoms with van der Waals surface area (Å²) in [5.41, 5.74) is 2.38. The van der Waals surface area contributed by atoms with Crippen LogP contribution < -0.4 is 16.0 Å². The van der Waals surface area contributed by atoms with E-state index in [4.69, 9.17) is 10.6 Å². The fraction of sp³-hybridized carbons (Fsp3) is 0. The van der Waals surface area contributed by atoms with Crippen LogP contribution in [0, 0.1) is 5.82 Å². The molecule has 0 aliphatic carbocycles. The Kier molecular flexibility index (Phi) is 3.55. The maximum absolute atomic E-state index is 13.5. The molecule has 0 bridgehead atoms. The molecular weight excluding hydrogens is 289 g/mol. The van der Waals surface area contributed by atoms with Crippen LogP contribution in [0.15, 0.2) is 41.0 Å². The smallest absolute Gasteiger partial charge is 0.166 e. The van der Waals surface area contributed by atoms with Gasteiger partial charge in [0.2, 0.25) is 0 Å². The zero-order chi connectivity index (χ0) is 12.3. The van der Waals surface area contributed by atoms with Crippen molar-refractivity contribution >= 4 is 21.7 Å². The van der Waals surface area contributed by atoms with Gasteiger partial charge in [0.1, 0.15) is 11.6 Å². The molecule has 0 amide bonds. The molecule has 0 saturated carbocycles. The molecule has 0 spiro atoms. The quantitative estimate of drug-likeness (QED) is 0.675. The number of anilines is 1. The highest BCUT2D eigenvalue weighted by atomic mass is 79.9. The standard InChI is InChI=1S/C11H9BrFN3O/c12-7-1-2-10(9(13)5-7)17-8-3-4-15-11(6-8)16-14/h1-6H,14H2,(H,15,16). The van der Waals surface area contributed by atoms with Crippen molar-refractivity contribution in [2.45, 2.75) is 0 Å². The predicted octanol–water partition coefficient (Wildman–Crippen LogP) is 3.06. The Morgan fingerprint density at radius 3 is 2.82 bits per heavy atom. The lowest BCUT2D eigenvalue weighted by Crippen LogP contribution is -2.08. The van der Waals surface area contributed by atoms with Crippen LogP contribution in [0.2, 0.25) is 0 Å². The lowest BCUT2D eigenvalue weighted by atomic mass is 10.3. The van der Waals surface area contributed by atoms with Crippen molar-refractivity contribution in [3.63, 3.8) is 0 Å². The van der Waals surface area contributed by atoms with Gasteiger partial charge in [-0.3, -0.25) is 0 Å². The van der Waals surface area contributed by atoms with Crippen molar-refractivity contribution in [2.24, 2.45) is 5.84 Å². The van der Waals surface area contributed by atoms with Gasteiger partial charge in [0.15, 0.2) is 11.6 Å². The van der Waals surface area contributed by atoms with Crippen molar-refractivity contribution in [3.8, 4) is 11.5 Å².